The van der Waals surface area contributed by atoms with E-state index < -0.39 is 0 Å². The van der Waals surface area contributed by atoms with Gasteiger partial charge in [0.1, 0.15) is 0 Å². The highest BCUT2D eigenvalue weighted by Gasteiger charge is 2.34. The molecule has 2 N–H and O–H groups in total. The Morgan fingerprint density at radius 1 is 0.963 bits per heavy atom. The number of rotatable bonds is 5. The Hall–Kier alpha value is -3.48. The van der Waals surface area contributed by atoms with Gasteiger partial charge in [-0.3, -0.25) is 9.59 Å². The van der Waals surface area contributed by atoms with Crippen molar-refractivity contribution in [2.75, 3.05) is 10.6 Å². The van der Waals surface area contributed by atoms with Gasteiger partial charge in [-0.15, -0.1) is 5.10 Å². The molecule has 4 rings (SSSR count). The lowest BCUT2D eigenvalue weighted by molar-refractivity contribution is -0.114. The number of nitrogens with one attached hydrogen (secondary N) is 2. The van der Waals surface area contributed by atoms with Crippen molar-refractivity contribution in [2.45, 2.75) is 25.7 Å². The van der Waals surface area contributed by atoms with E-state index in [0.717, 1.165) is 24.2 Å². The maximum absolute atomic E-state index is 12.8. The summed E-state index contributed by atoms with van der Waals surface area (Å²) in [5, 5.41) is 13.9. The lowest BCUT2D eigenvalue weighted by Crippen LogP contribution is -2.15. The first-order valence-electron chi connectivity index (χ1n) is 8.82. The molecule has 136 valence electrons. The molecule has 0 radical (unpaired) electrons. The predicted octanol–water partition coefficient (Wildman–Crippen LogP) is 3.36. The van der Waals surface area contributed by atoms with Crippen molar-refractivity contribution in [3.63, 3.8) is 0 Å². The standard InChI is InChI=1S/C20H19N5O2/c1-13(26)21-15-9-11-16(12-10-15)22-20(27)18-19(14-7-8-14)25(24-23-18)17-5-3-2-4-6-17/h2-6,9-12,14H,7-8H2,1H3,(H,21,26)(H,22,27). The molecule has 7 nitrogen and oxygen atoms in total. The van der Waals surface area contributed by atoms with Crippen LogP contribution < -0.4 is 10.6 Å². The fourth-order valence-electron chi connectivity index (χ4n) is 2.96. The number of carbonyl (C=O) groups excluding carboxylic acids is 2. The summed E-state index contributed by atoms with van der Waals surface area (Å²) in [5.41, 5.74) is 3.41. The van der Waals surface area contributed by atoms with Crippen LogP contribution in [0.2, 0.25) is 0 Å². The van der Waals surface area contributed by atoms with Gasteiger partial charge >= 0.3 is 0 Å². The minimum atomic E-state index is -0.286. The maximum Gasteiger partial charge on any atom is 0.278 e. The first-order chi connectivity index (χ1) is 13.1. The Morgan fingerprint density at radius 2 is 1.59 bits per heavy atom. The Morgan fingerprint density at radius 3 is 2.19 bits per heavy atom. The fraction of sp³-hybridized carbons (Fsp3) is 0.200. The Balaban J connectivity index is 1.57. The molecule has 1 aromatic heterocycles. The lowest BCUT2D eigenvalue weighted by Gasteiger charge is -2.08. The van der Waals surface area contributed by atoms with Gasteiger partial charge in [-0.25, -0.2) is 4.68 Å². The quantitative estimate of drug-likeness (QED) is 0.729. The highest BCUT2D eigenvalue weighted by Crippen LogP contribution is 2.42. The van der Waals surface area contributed by atoms with E-state index in [0.29, 0.717) is 23.0 Å². The minimum Gasteiger partial charge on any atom is -0.326 e. The number of carbonyl (C=O) groups is 2. The van der Waals surface area contributed by atoms with Crippen LogP contribution in [0.15, 0.2) is 54.6 Å². The Labute approximate surface area is 156 Å². The van der Waals surface area contributed by atoms with E-state index in [1.165, 1.54) is 6.92 Å². The summed E-state index contributed by atoms with van der Waals surface area (Å²) < 4.78 is 1.76. The number of nitrogens with zero attached hydrogens (tertiary/aromatic N) is 3. The third-order valence-corrected chi connectivity index (χ3v) is 4.35. The second kappa shape index (κ2) is 7.03. The lowest BCUT2D eigenvalue weighted by atomic mass is 10.2. The average molecular weight is 361 g/mol. The number of anilines is 2. The van der Waals surface area contributed by atoms with Gasteiger partial charge in [0.2, 0.25) is 5.91 Å². The van der Waals surface area contributed by atoms with E-state index in [9.17, 15) is 9.59 Å². The van der Waals surface area contributed by atoms with Crippen molar-refractivity contribution in [1.82, 2.24) is 15.0 Å². The van der Waals surface area contributed by atoms with Crippen molar-refractivity contribution in [3.05, 3.63) is 66.0 Å². The van der Waals surface area contributed by atoms with Crippen molar-refractivity contribution in [2.24, 2.45) is 0 Å². The number of hydrogen-bond donors (Lipinski definition) is 2. The van der Waals surface area contributed by atoms with Crippen LogP contribution in [0.4, 0.5) is 11.4 Å². The molecule has 2 amide bonds. The summed E-state index contributed by atoms with van der Waals surface area (Å²) in [7, 11) is 0. The molecular formula is C20H19N5O2. The number of para-hydroxylation sites is 1. The summed E-state index contributed by atoms with van der Waals surface area (Å²) >= 11 is 0. The first-order valence-corrected chi connectivity index (χ1v) is 8.82. The molecule has 1 fully saturated rings. The van der Waals surface area contributed by atoms with Crippen molar-refractivity contribution < 1.29 is 9.59 Å². The van der Waals surface area contributed by atoms with Gasteiger partial charge in [0.25, 0.3) is 5.91 Å². The van der Waals surface area contributed by atoms with Gasteiger partial charge in [-0.05, 0) is 49.2 Å². The van der Waals surface area contributed by atoms with Gasteiger partial charge in [-0.2, -0.15) is 0 Å². The summed E-state index contributed by atoms with van der Waals surface area (Å²) in [6.45, 7) is 1.45. The van der Waals surface area contributed by atoms with Crippen LogP contribution in [-0.2, 0) is 4.79 Å². The van der Waals surface area contributed by atoms with E-state index in [1.54, 1.807) is 28.9 Å². The number of aromatic nitrogens is 3. The molecule has 0 unspecified atom stereocenters. The predicted molar refractivity (Wildman–Crippen MR) is 102 cm³/mol. The summed E-state index contributed by atoms with van der Waals surface area (Å²) in [6.07, 6.45) is 2.07. The molecule has 0 saturated heterocycles. The van der Waals surface area contributed by atoms with Crippen LogP contribution >= 0.6 is 0 Å². The second-order valence-corrected chi connectivity index (χ2v) is 6.56. The highest BCUT2D eigenvalue weighted by atomic mass is 16.2. The maximum atomic E-state index is 12.8. The van der Waals surface area contributed by atoms with Crippen LogP contribution in [0.1, 0.15) is 41.9 Å². The highest BCUT2D eigenvalue weighted by molar-refractivity contribution is 6.04. The molecule has 1 aliphatic rings. The molecule has 1 aliphatic carbocycles. The van der Waals surface area contributed by atoms with Gasteiger partial charge < -0.3 is 10.6 Å². The largest absolute Gasteiger partial charge is 0.326 e. The topological polar surface area (TPSA) is 88.9 Å². The van der Waals surface area contributed by atoms with Gasteiger partial charge in [0.15, 0.2) is 5.69 Å². The van der Waals surface area contributed by atoms with Crippen molar-refractivity contribution in [3.8, 4) is 5.69 Å². The summed E-state index contributed by atoms with van der Waals surface area (Å²) in [6, 6.07) is 16.7. The Bertz CT molecular complexity index is 975. The van der Waals surface area contributed by atoms with Crippen LogP contribution in [0, 0.1) is 0 Å². The summed E-state index contributed by atoms with van der Waals surface area (Å²) in [4.78, 5) is 23.9. The molecule has 1 saturated carbocycles. The van der Waals surface area contributed by atoms with E-state index in [4.69, 9.17) is 0 Å². The Kier molecular flexibility index (Phi) is 4.42. The first kappa shape index (κ1) is 17.0. The van der Waals surface area contributed by atoms with Crippen LogP contribution in [0.25, 0.3) is 5.69 Å². The molecule has 2 aromatic carbocycles. The minimum absolute atomic E-state index is 0.140. The fourth-order valence-corrected chi connectivity index (χ4v) is 2.96. The molecule has 0 aliphatic heterocycles. The number of amides is 2. The number of benzene rings is 2. The molecule has 0 spiro atoms. The second-order valence-electron chi connectivity index (χ2n) is 6.56. The molecule has 0 bridgehead atoms. The third-order valence-electron chi connectivity index (χ3n) is 4.35. The van der Waals surface area contributed by atoms with E-state index in [-0.39, 0.29) is 11.8 Å². The molecule has 3 aromatic rings. The molecule has 1 heterocycles. The van der Waals surface area contributed by atoms with Crippen LogP contribution in [0.3, 0.4) is 0 Å². The van der Waals surface area contributed by atoms with Crippen LogP contribution in [0.5, 0.6) is 0 Å². The smallest absolute Gasteiger partial charge is 0.278 e. The summed E-state index contributed by atoms with van der Waals surface area (Å²) in [5.74, 6) is -0.118. The van der Waals surface area contributed by atoms with Crippen LogP contribution in [-0.4, -0.2) is 26.8 Å². The molecule has 7 heteroatoms. The van der Waals surface area contributed by atoms with Gasteiger partial charge in [0.05, 0.1) is 11.4 Å². The van der Waals surface area contributed by atoms with E-state index in [1.807, 2.05) is 30.3 Å². The SMILES string of the molecule is CC(=O)Nc1ccc(NC(=O)c2nnn(-c3ccccc3)c2C2CC2)cc1. The molecule has 27 heavy (non-hydrogen) atoms. The molecular weight excluding hydrogens is 342 g/mol. The zero-order valence-corrected chi connectivity index (χ0v) is 14.8. The third kappa shape index (κ3) is 3.72. The molecule has 0 atom stereocenters. The zero-order chi connectivity index (χ0) is 18.8. The zero-order valence-electron chi connectivity index (χ0n) is 14.8. The van der Waals surface area contributed by atoms with Gasteiger partial charge in [-0.1, -0.05) is 23.4 Å². The number of hydrogen-bond acceptors (Lipinski definition) is 4. The normalized spacial score (nSPS) is 13.2. The monoisotopic (exact) mass is 361 g/mol. The van der Waals surface area contributed by atoms with E-state index >= 15 is 0 Å². The van der Waals surface area contributed by atoms with Crippen molar-refractivity contribution in [1.29, 1.82) is 0 Å². The van der Waals surface area contributed by atoms with Crippen molar-refractivity contribution >= 4 is 23.2 Å². The van der Waals surface area contributed by atoms with Gasteiger partial charge in [0, 0.05) is 24.2 Å². The van der Waals surface area contributed by atoms with E-state index in [2.05, 4.69) is 20.9 Å². The average Bonchev–Trinajstić information content (AvgIpc) is 3.41.